The molecule has 146 valence electrons. The van der Waals surface area contributed by atoms with Gasteiger partial charge in [0.1, 0.15) is 0 Å². The summed E-state index contributed by atoms with van der Waals surface area (Å²) in [5.74, 6) is 0.636. The first-order valence-corrected chi connectivity index (χ1v) is 9.24. The van der Waals surface area contributed by atoms with Crippen molar-refractivity contribution in [3.05, 3.63) is 69.8 Å². The summed E-state index contributed by atoms with van der Waals surface area (Å²) in [6, 6.07) is 13.1. The molecular formula is C24H32F2Zr. The molecule has 27 heavy (non-hydrogen) atoms. The van der Waals surface area contributed by atoms with E-state index in [4.69, 9.17) is 0 Å². The van der Waals surface area contributed by atoms with E-state index in [1.165, 1.54) is 51.4 Å². The van der Waals surface area contributed by atoms with Crippen LogP contribution in [0.3, 0.4) is 0 Å². The molecule has 0 N–H and O–H groups in total. The number of halogens is 2. The first-order valence-electron chi connectivity index (χ1n) is 9.24. The smallest absolute Gasteiger partial charge is 1.00 e. The van der Waals surface area contributed by atoms with Gasteiger partial charge in [0.05, 0.1) is 0 Å². The van der Waals surface area contributed by atoms with Gasteiger partial charge in [-0.25, -0.2) is 0 Å². The first kappa shape index (κ1) is 28.1. The molecule has 3 aromatic carbocycles. The van der Waals surface area contributed by atoms with Crippen LogP contribution >= 0.6 is 0 Å². The zero-order valence-electron chi connectivity index (χ0n) is 17.7. The van der Waals surface area contributed by atoms with E-state index in [0.717, 1.165) is 0 Å². The molecule has 0 fully saturated rings. The average Bonchev–Trinajstić information content (AvgIpc) is 3.08. The predicted molar refractivity (Wildman–Crippen MR) is 109 cm³/mol. The van der Waals surface area contributed by atoms with Crippen molar-refractivity contribution in [1.82, 2.24) is 0 Å². The number of rotatable bonds is 3. The minimum atomic E-state index is 0. The van der Waals surface area contributed by atoms with Crippen LogP contribution in [0.1, 0.15) is 66.5 Å². The molecule has 0 nitrogen and oxygen atoms in total. The molecule has 0 unspecified atom stereocenters. The Morgan fingerprint density at radius 1 is 1.00 bits per heavy atom. The molecule has 0 aliphatic rings. The third kappa shape index (κ3) is 6.49. The SMILES string of the molecule is CC(C)c1cc2ccccc2[cH-]1.CCCc1c(C)c(C)c(C)[c-]1C.[F-].[F-].[Zr+4]. The summed E-state index contributed by atoms with van der Waals surface area (Å²) < 4.78 is 0. The number of hydrogen-bond donors (Lipinski definition) is 0. The summed E-state index contributed by atoms with van der Waals surface area (Å²) in [4.78, 5) is 0. The molecule has 0 spiro atoms. The van der Waals surface area contributed by atoms with Crippen molar-refractivity contribution in [2.75, 3.05) is 0 Å². The van der Waals surface area contributed by atoms with E-state index >= 15 is 0 Å². The van der Waals surface area contributed by atoms with Gasteiger partial charge in [-0.1, -0.05) is 67.4 Å². The zero-order valence-corrected chi connectivity index (χ0v) is 20.2. The maximum Gasteiger partial charge on any atom is 4.00 e. The van der Waals surface area contributed by atoms with Gasteiger partial charge in [-0.15, -0.1) is 40.6 Å². The average molecular weight is 450 g/mol. The molecule has 0 amide bonds. The van der Waals surface area contributed by atoms with E-state index < -0.39 is 0 Å². The van der Waals surface area contributed by atoms with Crippen LogP contribution in [-0.4, -0.2) is 0 Å². The molecular weight excluding hydrogens is 417 g/mol. The Kier molecular flexibility index (Phi) is 12.9. The fraction of sp³-hybridized carbons (Fsp3) is 0.417. The standard InChI is InChI=1S/C12H13.C12H19.2FH.Zr/c1-9(2)12-7-10-5-3-4-6-11(10)8-12;1-6-7-12-10(4)8(2)9(3)11(12)5;;;/h3-9H,1-2H3;6-7H2,1-5H3;2*1H;/q2*-1;;;+4/p-2. The fourth-order valence-electron chi connectivity index (χ4n) is 3.43. The van der Waals surface area contributed by atoms with Crippen molar-refractivity contribution in [2.24, 2.45) is 0 Å². The predicted octanol–water partition coefficient (Wildman–Crippen LogP) is 1.28. The molecule has 0 saturated carbocycles. The topological polar surface area (TPSA) is 0 Å². The minimum absolute atomic E-state index is 0. The van der Waals surface area contributed by atoms with Gasteiger partial charge in [0, 0.05) is 0 Å². The van der Waals surface area contributed by atoms with Crippen LogP contribution in [0, 0.1) is 27.7 Å². The van der Waals surface area contributed by atoms with Gasteiger partial charge in [-0.2, -0.15) is 33.9 Å². The Morgan fingerprint density at radius 3 is 2.04 bits per heavy atom. The Labute approximate surface area is 183 Å². The van der Waals surface area contributed by atoms with Gasteiger partial charge in [0.15, 0.2) is 0 Å². The number of benzene rings is 1. The van der Waals surface area contributed by atoms with E-state index in [1.807, 2.05) is 0 Å². The van der Waals surface area contributed by atoms with E-state index in [1.54, 1.807) is 5.56 Å². The van der Waals surface area contributed by atoms with Crippen LogP contribution in [0.15, 0.2) is 36.4 Å². The molecule has 0 atom stereocenters. The van der Waals surface area contributed by atoms with Gasteiger partial charge in [0.2, 0.25) is 0 Å². The van der Waals surface area contributed by atoms with Gasteiger partial charge in [-0.05, 0) is 5.92 Å². The summed E-state index contributed by atoms with van der Waals surface area (Å²) in [5, 5.41) is 2.72. The van der Waals surface area contributed by atoms with E-state index in [9.17, 15) is 0 Å². The summed E-state index contributed by atoms with van der Waals surface area (Å²) in [7, 11) is 0. The third-order valence-corrected chi connectivity index (χ3v) is 5.40. The maximum atomic E-state index is 2.28. The normalized spacial score (nSPS) is 9.78. The first-order chi connectivity index (χ1) is 11.4. The van der Waals surface area contributed by atoms with Gasteiger partial charge in [-0.3, -0.25) is 0 Å². The molecule has 0 aromatic heterocycles. The number of fused-ring (bicyclic) bond motifs is 1. The molecule has 0 heterocycles. The maximum absolute atomic E-state index is 2.28. The van der Waals surface area contributed by atoms with Crippen LogP contribution in [0.5, 0.6) is 0 Å². The second kappa shape index (κ2) is 12.4. The van der Waals surface area contributed by atoms with Crippen molar-refractivity contribution in [3.8, 4) is 0 Å². The quantitative estimate of drug-likeness (QED) is 0.529. The van der Waals surface area contributed by atoms with E-state index in [2.05, 4.69) is 84.9 Å². The summed E-state index contributed by atoms with van der Waals surface area (Å²) in [6.07, 6.45) is 2.50. The summed E-state index contributed by atoms with van der Waals surface area (Å²) in [5.41, 5.74) is 9.06. The van der Waals surface area contributed by atoms with Crippen LogP contribution in [-0.2, 0) is 32.6 Å². The molecule has 0 radical (unpaired) electrons. The van der Waals surface area contributed by atoms with E-state index in [0.29, 0.717) is 5.92 Å². The Balaban J connectivity index is 0. The van der Waals surface area contributed by atoms with Crippen molar-refractivity contribution in [3.63, 3.8) is 0 Å². The van der Waals surface area contributed by atoms with Crippen molar-refractivity contribution < 1.29 is 35.6 Å². The number of hydrogen-bond acceptors (Lipinski definition) is 0. The van der Waals surface area contributed by atoms with Gasteiger partial charge < -0.3 is 9.41 Å². The summed E-state index contributed by atoms with van der Waals surface area (Å²) >= 11 is 0. The Morgan fingerprint density at radius 2 is 1.59 bits per heavy atom. The van der Waals surface area contributed by atoms with Crippen molar-refractivity contribution in [1.29, 1.82) is 0 Å². The van der Waals surface area contributed by atoms with Crippen LogP contribution in [0.4, 0.5) is 0 Å². The minimum Gasteiger partial charge on any atom is -1.00 e. The monoisotopic (exact) mass is 448 g/mol. The van der Waals surface area contributed by atoms with Crippen LogP contribution in [0.2, 0.25) is 0 Å². The molecule has 0 saturated heterocycles. The van der Waals surface area contributed by atoms with Crippen molar-refractivity contribution in [2.45, 2.75) is 67.2 Å². The third-order valence-electron chi connectivity index (χ3n) is 5.40. The second-order valence-electron chi connectivity index (χ2n) is 7.30. The Bertz CT molecular complexity index is 751. The van der Waals surface area contributed by atoms with Crippen LogP contribution < -0.4 is 9.41 Å². The summed E-state index contributed by atoms with van der Waals surface area (Å²) in [6.45, 7) is 15.7. The fourth-order valence-corrected chi connectivity index (χ4v) is 3.43. The molecule has 3 heteroatoms. The molecule has 0 aliphatic heterocycles. The largest absolute Gasteiger partial charge is 4.00 e. The van der Waals surface area contributed by atoms with Crippen molar-refractivity contribution >= 4 is 10.8 Å². The second-order valence-corrected chi connectivity index (χ2v) is 7.30. The van der Waals surface area contributed by atoms with Gasteiger partial charge in [0.25, 0.3) is 0 Å². The Hall–Kier alpha value is -1.08. The van der Waals surface area contributed by atoms with E-state index in [-0.39, 0.29) is 35.6 Å². The molecule has 0 aliphatic carbocycles. The van der Waals surface area contributed by atoms with Crippen LogP contribution in [0.25, 0.3) is 10.8 Å². The molecule has 3 rings (SSSR count). The van der Waals surface area contributed by atoms with Gasteiger partial charge >= 0.3 is 26.2 Å². The molecule has 3 aromatic rings. The molecule has 0 bridgehead atoms. The zero-order chi connectivity index (χ0) is 17.9.